The minimum Gasteiger partial charge on any atom is -0.287 e. The van der Waals surface area contributed by atoms with Gasteiger partial charge in [-0.1, -0.05) is 12.1 Å². The van der Waals surface area contributed by atoms with E-state index >= 15 is 0 Å². The van der Waals surface area contributed by atoms with Crippen LogP contribution in [0.1, 0.15) is 0 Å². The second-order valence-electron chi connectivity index (χ2n) is 3.32. The van der Waals surface area contributed by atoms with Gasteiger partial charge in [-0.25, -0.2) is 0 Å². The molecule has 0 radical (unpaired) electrons. The number of rotatable bonds is 0. The first kappa shape index (κ1) is 8.11. The van der Waals surface area contributed by atoms with Crippen LogP contribution in [0.5, 0.6) is 0 Å². The predicted molar refractivity (Wildman–Crippen MR) is 57.7 cm³/mol. The van der Waals surface area contributed by atoms with Gasteiger partial charge in [0.1, 0.15) is 0 Å². The fourth-order valence-electron chi connectivity index (χ4n) is 1.74. The maximum atomic E-state index is 11.7. The Morgan fingerprint density at radius 2 is 1.93 bits per heavy atom. The van der Waals surface area contributed by atoms with Gasteiger partial charge in [0.25, 0.3) is 0 Å². The van der Waals surface area contributed by atoms with Gasteiger partial charge in [-0.15, -0.1) is 0 Å². The van der Waals surface area contributed by atoms with Gasteiger partial charge < -0.3 is 0 Å². The number of aromatic amines is 1. The molecule has 2 heterocycles. The van der Waals surface area contributed by atoms with Crippen molar-refractivity contribution in [3.63, 3.8) is 0 Å². The molecule has 0 fully saturated rings. The van der Waals surface area contributed by atoms with E-state index in [1.54, 1.807) is 12.4 Å². The van der Waals surface area contributed by atoms with Crippen molar-refractivity contribution in [3.8, 4) is 0 Å². The van der Waals surface area contributed by atoms with Gasteiger partial charge >= 0.3 is 0 Å². The quantitative estimate of drug-likeness (QED) is 0.555. The Labute approximate surface area is 84.6 Å². The van der Waals surface area contributed by atoms with Crippen molar-refractivity contribution in [2.75, 3.05) is 0 Å². The summed E-state index contributed by atoms with van der Waals surface area (Å²) in [5.41, 5.74) is 0.685. The third-order valence-electron chi connectivity index (χ3n) is 2.43. The summed E-state index contributed by atoms with van der Waals surface area (Å²) in [4.78, 5) is 15.6. The molecule has 72 valence electrons. The van der Waals surface area contributed by atoms with Gasteiger partial charge in [0.05, 0.1) is 17.1 Å². The zero-order valence-electron chi connectivity index (χ0n) is 7.77. The summed E-state index contributed by atoms with van der Waals surface area (Å²) in [6.45, 7) is 0. The first-order chi connectivity index (χ1) is 7.36. The van der Waals surface area contributed by atoms with Gasteiger partial charge in [0.2, 0.25) is 5.43 Å². The Bertz CT molecular complexity index is 703. The van der Waals surface area contributed by atoms with Crippen molar-refractivity contribution in [1.82, 2.24) is 15.2 Å². The van der Waals surface area contributed by atoms with Crippen LogP contribution in [0.15, 0.2) is 41.6 Å². The Kier molecular flexibility index (Phi) is 1.56. The number of pyridine rings is 1. The molecule has 0 spiro atoms. The third-order valence-corrected chi connectivity index (χ3v) is 2.43. The van der Waals surface area contributed by atoms with E-state index in [4.69, 9.17) is 0 Å². The molecule has 15 heavy (non-hydrogen) atoms. The molecular weight excluding hydrogens is 190 g/mol. The molecule has 0 unspecified atom stereocenters. The average Bonchev–Trinajstić information content (AvgIpc) is 2.29. The molecule has 1 N–H and O–H groups in total. The number of fused-ring (bicyclic) bond motifs is 3. The van der Waals surface area contributed by atoms with E-state index < -0.39 is 0 Å². The van der Waals surface area contributed by atoms with Crippen molar-refractivity contribution >= 4 is 21.7 Å². The first-order valence-corrected chi connectivity index (χ1v) is 4.56. The maximum Gasteiger partial charge on any atom is 0.206 e. The number of nitrogens with one attached hydrogen (secondary N) is 1. The van der Waals surface area contributed by atoms with Crippen LogP contribution in [0.3, 0.4) is 0 Å². The molecule has 2 aromatic heterocycles. The summed E-state index contributed by atoms with van der Waals surface area (Å²) in [6, 6.07) is 5.70. The van der Waals surface area contributed by atoms with Crippen LogP contribution in [0, 0.1) is 0 Å². The van der Waals surface area contributed by atoms with Gasteiger partial charge in [-0.3, -0.25) is 14.9 Å². The highest BCUT2D eigenvalue weighted by Gasteiger charge is 2.03. The van der Waals surface area contributed by atoms with E-state index in [2.05, 4.69) is 15.2 Å². The minimum absolute atomic E-state index is 0.0812. The molecule has 0 atom stereocenters. The van der Waals surface area contributed by atoms with Crippen LogP contribution in [0.25, 0.3) is 21.7 Å². The smallest absolute Gasteiger partial charge is 0.206 e. The molecule has 4 heteroatoms. The Balaban J connectivity index is 2.70. The van der Waals surface area contributed by atoms with Crippen molar-refractivity contribution in [1.29, 1.82) is 0 Å². The summed E-state index contributed by atoms with van der Waals surface area (Å²) in [7, 11) is 0. The standard InChI is InChI=1S/C11H7N3O/c15-9-6-12-5-8-2-1-7-3-4-13-14-11(7)10(8)9/h1-6,14H. The Morgan fingerprint density at radius 1 is 1.07 bits per heavy atom. The fourth-order valence-corrected chi connectivity index (χ4v) is 1.74. The highest BCUT2D eigenvalue weighted by Crippen LogP contribution is 2.18. The Morgan fingerprint density at radius 3 is 2.87 bits per heavy atom. The van der Waals surface area contributed by atoms with Crippen molar-refractivity contribution in [2.45, 2.75) is 0 Å². The number of H-pyrrole nitrogens is 1. The molecule has 0 aliphatic rings. The van der Waals surface area contributed by atoms with E-state index in [0.29, 0.717) is 5.39 Å². The molecular formula is C11H7N3O. The lowest BCUT2D eigenvalue weighted by molar-refractivity contribution is 1.08. The van der Waals surface area contributed by atoms with Gasteiger partial charge in [0.15, 0.2) is 0 Å². The fraction of sp³-hybridized carbons (Fsp3) is 0. The van der Waals surface area contributed by atoms with Crippen LogP contribution in [-0.4, -0.2) is 15.2 Å². The van der Waals surface area contributed by atoms with Crippen molar-refractivity contribution < 1.29 is 0 Å². The molecule has 3 rings (SSSR count). The molecule has 4 nitrogen and oxygen atoms in total. The number of aromatic nitrogens is 3. The lowest BCUT2D eigenvalue weighted by Crippen LogP contribution is -2.02. The zero-order valence-corrected chi connectivity index (χ0v) is 7.77. The lowest BCUT2D eigenvalue weighted by atomic mass is 10.1. The second-order valence-corrected chi connectivity index (χ2v) is 3.32. The lowest BCUT2D eigenvalue weighted by Gasteiger charge is -2.00. The third kappa shape index (κ3) is 1.11. The van der Waals surface area contributed by atoms with E-state index in [1.165, 1.54) is 6.20 Å². The van der Waals surface area contributed by atoms with Crippen LogP contribution in [-0.2, 0) is 0 Å². The normalized spacial score (nSPS) is 10.9. The van der Waals surface area contributed by atoms with Gasteiger partial charge in [-0.2, -0.15) is 5.10 Å². The molecule has 3 aromatic rings. The van der Waals surface area contributed by atoms with Crippen LogP contribution in [0.4, 0.5) is 0 Å². The SMILES string of the molecule is O=c1cncc2ccc3ccn[nH]c3c12. The van der Waals surface area contributed by atoms with E-state index in [1.807, 2.05) is 18.2 Å². The summed E-state index contributed by atoms with van der Waals surface area (Å²) >= 11 is 0. The second kappa shape index (κ2) is 2.88. The molecule has 0 aliphatic heterocycles. The summed E-state index contributed by atoms with van der Waals surface area (Å²) in [6.07, 6.45) is 4.67. The minimum atomic E-state index is -0.0812. The zero-order chi connectivity index (χ0) is 10.3. The van der Waals surface area contributed by atoms with E-state index in [-0.39, 0.29) is 5.43 Å². The summed E-state index contributed by atoms with van der Waals surface area (Å²) in [5.74, 6) is 0. The Hall–Kier alpha value is -2.23. The molecule has 0 aliphatic carbocycles. The largest absolute Gasteiger partial charge is 0.287 e. The van der Waals surface area contributed by atoms with E-state index in [9.17, 15) is 4.79 Å². The van der Waals surface area contributed by atoms with Crippen LogP contribution >= 0.6 is 0 Å². The molecule has 0 bridgehead atoms. The number of benzene rings is 1. The van der Waals surface area contributed by atoms with Crippen molar-refractivity contribution in [2.24, 2.45) is 0 Å². The highest BCUT2D eigenvalue weighted by atomic mass is 16.1. The van der Waals surface area contributed by atoms with Crippen LogP contribution < -0.4 is 5.43 Å². The summed E-state index contributed by atoms with van der Waals surface area (Å²) in [5, 5.41) is 9.23. The number of nitrogens with zero attached hydrogens (tertiary/aromatic N) is 2. The van der Waals surface area contributed by atoms with Crippen LogP contribution in [0.2, 0.25) is 0 Å². The first-order valence-electron chi connectivity index (χ1n) is 4.56. The maximum absolute atomic E-state index is 11.7. The van der Waals surface area contributed by atoms with E-state index in [0.717, 1.165) is 16.3 Å². The topological polar surface area (TPSA) is 58.6 Å². The molecule has 0 saturated carbocycles. The van der Waals surface area contributed by atoms with Gasteiger partial charge in [0, 0.05) is 23.2 Å². The monoisotopic (exact) mass is 197 g/mol. The number of hydrogen-bond acceptors (Lipinski definition) is 3. The highest BCUT2D eigenvalue weighted by molar-refractivity contribution is 6.04. The average molecular weight is 197 g/mol. The molecule has 0 amide bonds. The molecule has 1 aromatic carbocycles. The van der Waals surface area contributed by atoms with Gasteiger partial charge in [-0.05, 0) is 6.07 Å². The van der Waals surface area contributed by atoms with Crippen molar-refractivity contribution in [3.05, 3.63) is 47.0 Å². The predicted octanol–water partition coefficient (Wildman–Crippen LogP) is 1.47. The number of hydrogen-bond donors (Lipinski definition) is 1. The summed E-state index contributed by atoms with van der Waals surface area (Å²) < 4.78 is 0. The molecule has 0 saturated heterocycles.